The number of hydrogen-bond acceptors (Lipinski definition) is 31. The third-order valence-corrected chi connectivity index (χ3v) is 262. The van der Waals surface area contributed by atoms with Crippen LogP contribution in [0.4, 0.5) is 13.2 Å². The van der Waals surface area contributed by atoms with Gasteiger partial charge in [0.1, 0.15) is 0 Å². The van der Waals surface area contributed by atoms with E-state index < -0.39 is 284 Å². The van der Waals surface area contributed by atoms with Crippen molar-refractivity contribution in [2.24, 2.45) is 0 Å². The second kappa shape index (κ2) is 34.4. The molecule has 0 aromatic heterocycles. The number of rotatable bonds is 44. The Morgan fingerprint density at radius 3 is 1.09 bits per heavy atom. The second-order valence-electron chi connectivity index (χ2n) is 17.6. The van der Waals surface area contributed by atoms with Crippen molar-refractivity contribution < 1.29 is 154 Å². The highest BCUT2D eigenvalue weighted by Crippen LogP contribution is 2.53. The Bertz CT molecular complexity index is 1750. The molecule has 441 valence electrons. The first kappa shape index (κ1) is 84.5. The Balaban J connectivity index is 13.1. The van der Waals surface area contributed by atoms with E-state index in [0.717, 1.165) is 33.3 Å². The fourth-order valence-corrected chi connectivity index (χ4v) is 435. The van der Waals surface area contributed by atoms with Crippen molar-refractivity contribution in [1.29, 1.82) is 0 Å². The minimum Gasteiger partial charge on any atom is -0.439 e. The first-order valence-electron chi connectivity index (χ1n) is 20.8. The van der Waals surface area contributed by atoms with E-state index in [0.29, 0.717) is 0 Å². The summed E-state index contributed by atoms with van der Waals surface area (Å²) >= 11 is 0. The fourth-order valence-electron chi connectivity index (χ4n) is 7.47. The summed E-state index contributed by atoms with van der Waals surface area (Å²) in [6.07, 6.45) is -7.09. The molecular formula is C13H54F3O31Si32. The molecule has 0 spiro atoms. The van der Waals surface area contributed by atoms with Gasteiger partial charge in [0.05, 0.1) is 9.76 Å². The Hall–Kier alpha value is 5.49. The van der Waals surface area contributed by atoms with E-state index in [9.17, 15) is 104 Å². The van der Waals surface area contributed by atoms with Crippen molar-refractivity contribution >= 4 is 275 Å². The van der Waals surface area contributed by atoms with Gasteiger partial charge < -0.3 is 141 Å². The SMILES string of the molecule is CO[Si]([Si])(O[Si]([Si](O[Si]O)([Si]O)[Si]O)([Si](O[SiH](C)O)([Si]O)[Si]O)[Si](O[Si](C)(C)O[Si](C)(C)C)(O[Si](O[Si]O)([Si]O)[Si](C)(C)O)[Si](O[Si](O[Si]O)([Si]O)[Si](C)(O)CCC(F)(F)F)([Si](O[Si]O)([Si]O)[Si]O)[Si](O[Si]O)([Si]O)[Si]O)[Si]O. The minimum atomic E-state index is -7.48. The molecule has 7 unspecified atom stereocenters. The summed E-state index contributed by atoms with van der Waals surface area (Å²) in [6, 6.07) is -1.46. The number of alkyl halides is 3. The molecule has 0 aromatic carbocycles. The minimum absolute atomic E-state index is 0.736. The van der Waals surface area contributed by atoms with Crippen molar-refractivity contribution in [1.82, 2.24) is 0 Å². The summed E-state index contributed by atoms with van der Waals surface area (Å²) in [7, 11) is -77.0. The van der Waals surface area contributed by atoms with Crippen molar-refractivity contribution in [3.05, 3.63) is 0 Å². The van der Waals surface area contributed by atoms with Crippen LogP contribution in [-0.4, -0.2) is 380 Å². The van der Waals surface area contributed by atoms with Crippen molar-refractivity contribution in [2.75, 3.05) is 7.11 Å². The Morgan fingerprint density at radius 2 is 0.823 bits per heavy atom. The molecule has 0 saturated heterocycles. The predicted octanol–water partition coefficient (Wildman–Crippen LogP) is -16.5. The summed E-state index contributed by atoms with van der Waals surface area (Å²) in [6.45, 7) is -28.0. The van der Waals surface area contributed by atoms with Crippen LogP contribution in [0.15, 0.2) is 0 Å². The van der Waals surface area contributed by atoms with Crippen LogP contribution in [0.1, 0.15) is 6.42 Å². The summed E-state index contributed by atoms with van der Waals surface area (Å²) in [5.74, 6) is 0. The quantitative estimate of drug-likeness (QED) is 0.0252. The van der Waals surface area contributed by atoms with E-state index in [2.05, 4.69) is 9.76 Å². The smallest absolute Gasteiger partial charge is 0.420 e. The molecule has 66 heteroatoms. The zero-order valence-corrected chi connectivity index (χ0v) is 74.7. The topological polar surface area (TPSA) is 495 Å². The fraction of sp³-hybridized carbons (Fsp3) is 1.00. The maximum atomic E-state index is 14.5. The lowest BCUT2D eigenvalue weighted by Gasteiger charge is -2.69. The molecule has 0 aliphatic rings. The number of hydrogen-bond donors (Lipinski definition) is 19. The lowest BCUT2D eigenvalue weighted by molar-refractivity contribution is -0.131. The summed E-state index contributed by atoms with van der Waals surface area (Å²) in [5, 5.41) is 0. The number of halogens is 3. The summed E-state index contributed by atoms with van der Waals surface area (Å²) < 4.78 is 124. The van der Waals surface area contributed by atoms with Crippen LogP contribution in [0.3, 0.4) is 0 Å². The monoisotopic (exact) mass is 1660 g/mol. The average molecular weight is 1660 g/mol. The van der Waals surface area contributed by atoms with Gasteiger partial charge in [-0.1, -0.05) is 0 Å². The highest BCUT2D eigenvalue weighted by Gasteiger charge is 3.00. The molecule has 0 rings (SSSR count). The molecule has 0 aliphatic carbocycles. The third kappa shape index (κ3) is 18.0. The molecule has 0 amide bonds. The van der Waals surface area contributed by atoms with Gasteiger partial charge in [0, 0.05) is 13.5 Å². The van der Waals surface area contributed by atoms with Crippen molar-refractivity contribution in [3.8, 4) is 0 Å². The van der Waals surface area contributed by atoms with Gasteiger partial charge in [-0.3, -0.25) is 0 Å². The molecule has 35 radical (unpaired) electrons. The Kier molecular flexibility index (Phi) is 36.8. The largest absolute Gasteiger partial charge is 0.439 e. The first-order valence-corrected chi connectivity index (χ1v) is 88.7. The van der Waals surface area contributed by atoms with Crippen LogP contribution >= 0.6 is 0 Å². The normalized spacial score (nSPS) is 19.3. The van der Waals surface area contributed by atoms with Gasteiger partial charge in [0.15, 0.2) is 8.32 Å². The molecule has 0 heterocycles. The van der Waals surface area contributed by atoms with E-state index in [-0.39, 0.29) is 0 Å². The van der Waals surface area contributed by atoms with Gasteiger partial charge in [-0.25, -0.2) is 0 Å². The molecule has 7 atom stereocenters. The molecule has 31 nitrogen and oxygen atoms in total. The summed E-state index contributed by atoms with van der Waals surface area (Å²) in [4.78, 5) is 230. The van der Waals surface area contributed by atoms with Gasteiger partial charge in [-0.15, -0.1) is 0 Å². The van der Waals surface area contributed by atoms with Crippen LogP contribution in [0.25, 0.3) is 0 Å². The van der Waals surface area contributed by atoms with E-state index >= 15 is 0 Å². The first-order chi connectivity index (χ1) is 36.2. The van der Waals surface area contributed by atoms with Crippen LogP contribution in [0.5, 0.6) is 0 Å². The zero-order chi connectivity index (χ0) is 62.3. The van der Waals surface area contributed by atoms with Crippen LogP contribution in [0, 0.1) is 0 Å². The standard InChI is InChI=1S/C13H54F3O31Si32/c1-36-70(48,54-22)45-78(74(57-25,58-26)39-51-19,77(63-31,64-32)42-65(2)33)73(44-68(8,9)43-66(3,4)5,46-71(55-23,37-49-17)67(6,7)34)79(75(59-27,60-28)40-52-20,76(61-29,62-30)41-53-21)47-72(56-24,38-50-18)69(10,35)12-11-13(14,15)16/h17-35,65H,11-12H2,1-10H3. The van der Waals surface area contributed by atoms with E-state index in [1.165, 1.54) is 13.1 Å². The van der Waals surface area contributed by atoms with E-state index in [1.54, 1.807) is 19.6 Å². The van der Waals surface area contributed by atoms with Crippen LogP contribution in [-0.2, 0) is 49.7 Å². The predicted molar refractivity (Wildman–Crippen MR) is 315 cm³/mol. The van der Waals surface area contributed by atoms with E-state index in [1.807, 2.05) is 0 Å². The zero-order valence-electron chi connectivity index (χ0n) is 42.5. The lowest BCUT2D eigenvalue weighted by Crippen LogP contribution is -3.13. The van der Waals surface area contributed by atoms with Gasteiger partial charge in [-0.05, 0) is 65.0 Å². The van der Waals surface area contributed by atoms with Crippen LogP contribution < -0.4 is 0 Å². The van der Waals surface area contributed by atoms with Gasteiger partial charge in [0.25, 0.3) is 41.6 Å². The highest BCUT2D eigenvalue weighted by molar-refractivity contribution is 8.23. The average Bonchev–Trinajstić information content (AvgIpc) is 3.36. The lowest BCUT2D eigenvalue weighted by atomic mass is 10.5. The molecule has 0 aliphatic heterocycles. The molecule has 0 aromatic rings. The maximum absolute atomic E-state index is 14.5. The molecule has 19 N–H and O–H groups in total. The van der Waals surface area contributed by atoms with Gasteiger partial charge in [0.2, 0.25) is 117 Å². The third-order valence-electron chi connectivity index (χ3n) is 10.5. The van der Waals surface area contributed by atoms with Gasteiger partial charge >= 0.3 is 104 Å². The second-order valence-corrected chi connectivity index (χ2v) is 159. The van der Waals surface area contributed by atoms with Crippen LogP contribution in [0.2, 0.25) is 65.0 Å². The Labute approximate surface area is 509 Å². The molecular weight excluding hydrogens is 1610 g/mol. The molecule has 0 saturated carbocycles. The summed E-state index contributed by atoms with van der Waals surface area (Å²) in [5.41, 5.74) is 0. The maximum Gasteiger partial charge on any atom is 0.420 e. The molecule has 0 fully saturated rings. The highest BCUT2D eigenvalue weighted by atomic mass is 30.5. The van der Waals surface area contributed by atoms with Gasteiger partial charge in [-0.2, -0.15) is 13.2 Å². The van der Waals surface area contributed by atoms with Crippen molar-refractivity contribution in [3.63, 3.8) is 0 Å². The molecule has 79 heavy (non-hydrogen) atoms. The molecule has 0 bridgehead atoms. The Morgan fingerprint density at radius 1 is 0.468 bits per heavy atom. The van der Waals surface area contributed by atoms with Crippen molar-refractivity contribution in [2.45, 2.75) is 77.6 Å². The van der Waals surface area contributed by atoms with E-state index in [4.69, 9.17) is 49.7 Å².